The van der Waals surface area contributed by atoms with Crippen LogP contribution >= 0.6 is 11.8 Å². The Morgan fingerprint density at radius 3 is 2.93 bits per heavy atom. The summed E-state index contributed by atoms with van der Waals surface area (Å²) in [5.74, 6) is 0.987. The highest BCUT2D eigenvalue weighted by Crippen LogP contribution is 2.13. The third-order valence-electron chi connectivity index (χ3n) is 1.49. The first-order chi connectivity index (χ1) is 7.08. The average Bonchev–Trinajstić information content (AvgIpc) is 2.50. The number of hydrogen-bond acceptors (Lipinski definition) is 5. The molecular formula is C8H15N5OS. The van der Waals surface area contributed by atoms with Gasteiger partial charge >= 0.3 is 0 Å². The summed E-state index contributed by atoms with van der Waals surface area (Å²) in [6.07, 6.45) is 0.456. The molecular weight excluding hydrogens is 214 g/mol. The van der Waals surface area contributed by atoms with Crippen molar-refractivity contribution in [1.29, 1.82) is 0 Å². The smallest absolute Gasteiger partial charge is 0.221 e. The summed E-state index contributed by atoms with van der Waals surface area (Å²) in [7, 11) is 0. The van der Waals surface area contributed by atoms with Crippen molar-refractivity contribution >= 4 is 23.6 Å². The van der Waals surface area contributed by atoms with E-state index < -0.39 is 0 Å². The van der Waals surface area contributed by atoms with Crippen molar-refractivity contribution in [3.63, 3.8) is 0 Å². The number of carbonyl (C=O) groups is 1. The highest BCUT2D eigenvalue weighted by Gasteiger charge is 2.05. The number of amides is 1. The van der Waals surface area contributed by atoms with Crippen LogP contribution in [0.2, 0.25) is 0 Å². The molecule has 84 valence electrons. The Labute approximate surface area is 92.4 Å². The first kappa shape index (κ1) is 11.8. The van der Waals surface area contributed by atoms with E-state index in [9.17, 15) is 4.79 Å². The van der Waals surface area contributed by atoms with Crippen molar-refractivity contribution in [2.24, 2.45) is 0 Å². The van der Waals surface area contributed by atoms with E-state index in [1.807, 2.05) is 13.8 Å². The maximum atomic E-state index is 11.3. The Bertz CT molecular complexity index is 325. The van der Waals surface area contributed by atoms with Gasteiger partial charge in [0.2, 0.25) is 17.0 Å². The highest BCUT2D eigenvalue weighted by atomic mass is 32.2. The molecule has 1 aromatic heterocycles. The number of nitrogen functional groups attached to an aromatic ring is 1. The van der Waals surface area contributed by atoms with Gasteiger partial charge in [-0.1, -0.05) is 11.8 Å². The fraction of sp³-hybridized carbons (Fsp3) is 0.625. The molecule has 1 amide bonds. The molecule has 15 heavy (non-hydrogen) atoms. The summed E-state index contributed by atoms with van der Waals surface area (Å²) in [5.41, 5.74) is 5.35. The molecule has 1 heterocycles. The molecule has 0 saturated carbocycles. The number of thioether (sulfide) groups is 1. The number of nitrogens with two attached hydrogens (primary N) is 1. The molecule has 0 aliphatic carbocycles. The standard InChI is InChI=1S/C8H15N5OS/c1-5(2)10-6(14)3-4-15-8-11-7(9)12-13-8/h5H,3-4H2,1-2H3,(H,10,14)(H3,9,11,12,13). The molecule has 0 atom stereocenters. The number of aromatic nitrogens is 3. The molecule has 0 radical (unpaired) electrons. The van der Waals surface area contributed by atoms with Gasteiger partial charge in [0.15, 0.2) is 0 Å². The number of nitrogens with zero attached hydrogens (tertiary/aromatic N) is 2. The van der Waals surface area contributed by atoms with Crippen molar-refractivity contribution in [2.45, 2.75) is 31.5 Å². The molecule has 4 N–H and O–H groups in total. The lowest BCUT2D eigenvalue weighted by Gasteiger charge is -2.06. The lowest BCUT2D eigenvalue weighted by Crippen LogP contribution is -2.30. The van der Waals surface area contributed by atoms with Gasteiger partial charge in [-0.15, -0.1) is 5.10 Å². The van der Waals surface area contributed by atoms with Crippen molar-refractivity contribution in [3.05, 3.63) is 0 Å². The lowest BCUT2D eigenvalue weighted by atomic mass is 10.3. The summed E-state index contributed by atoms with van der Waals surface area (Å²) in [6, 6.07) is 0.182. The fourth-order valence-electron chi connectivity index (χ4n) is 0.952. The summed E-state index contributed by atoms with van der Waals surface area (Å²) in [5, 5.41) is 9.76. The number of hydrogen-bond donors (Lipinski definition) is 3. The SMILES string of the molecule is CC(C)NC(=O)CCSc1n[nH]c(N)n1. The Hall–Kier alpha value is -1.24. The zero-order chi connectivity index (χ0) is 11.3. The Morgan fingerprint density at radius 1 is 1.67 bits per heavy atom. The van der Waals surface area contributed by atoms with Gasteiger partial charge in [-0.25, -0.2) is 5.10 Å². The first-order valence-corrected chi connectivity index (χ1v) is 5.66. The van der Waals surface area contributed by atoms with E-state index in [4.69, 9.17) is 5.73 Å². The minimum atomic E-state index is 0.0426. The molecule has 0 fully saturated rings. The predicted molar refractivity (Wildman–Crippen MR) is 59.4 cm³/mol. The van der Waals surface area contributed by atoms with Gasteiger partial charge in [0, 0.05) is 18.2 Å². The average molecular weight is 229 g/mol. The molecule has 1 aromatic rings. The Morgan fingerprint density at radius 2 is 2.40 bits per heavy atom. The van der Waals surface area contributed by atoms with E-state index in [0.717, 1.165) is 0 Å². The second-order valence-electron chi connectivity index (χ2n) is 3.32. The predicted octanol–water partition coefficient (Wildman–Crippen LogP) is 0.394. The summed E-state index contributed by atoms with van der Waals surface area (Å²) >= 11 is 1.40. The topological polar surface area (TPSA) is 96.7 Å². The molecule has 0 unspecified atom stereocenters. The van der Waals surface area contributed by atoms with Crippen LogP contribution in [0.25, 0.3) is 0 Å². The minimum Gasteiger partial charge on any atom is -0.368 e. The minimum absolute atomic E-state index is 0.0426. The van der Waals surface area contributed by atoms with Crippen LogP contribution in [-0.4, -0.2) is 32.9 Å². The number of H-pyrrole nitrogens is 1. The summed E-state index contributed by atoms with van der Waals surface area (Å²) in [4.78, 5) is 15.2. The van der Waals surface area contributed by atoms with Crippen LogP contribution in [0, 0.1) is 0 Å². The van der Waals surface area contributed by atoms with E-state index >= 15 is 0 Å². The molecule has 1 rings (SSSR count). The lowest BCUT2D eigenvalue weighted by molar-refractivity contribution is -0.121. The Balaban J connectivity index is 2.19. The maximum Gasteiger partial charge on any atom is 0.221 e. The van der Waals surface area contributed by atoms with Gasteiger partial charge in [-0.05, 0) is 13.8 Å². The van der Waals surface area contributed by atoms with E-state index in [1.54, 1.807) is 0 Å². The highest BCUT2D eigenvalue weighted by molar-refractivity contribution is 7.99. The van der Waals surface area contributed by atoms with Crippen LogP contribution in [0.3, 0.4) is 0 Å². The van der Waals surface area contributed by atoms with E-state index in [1.165, 1.54) is 11.8 Å². The quantitative estimate of drug-likeness (QED) is 0.635. The van der Waals surface area contributed by atoms with Crippen molar-refractivity contribution < 1.29 is 4.79 Å². The number of anilines is 1. The molecule has 0 aromatic carbocycles. The van der Waals surface area contributed by atoms with Gasteiger partial charge in [-0.2, -0.15) is 4.98 Å². The molecule has 0 aliphatic rings. The van der Waals surface area contributed by atoms with Gasteiger partial charge in [0.05, 0.1) is 0 Å². The number of carbonyl (C=O) groups excluding carboxylic acids is 1. The fourth-order valence-corrected chi connectivity index (χ4v) is 1.69. The second kappa shape index (κ2) is 5.59. The Kier molecular flexibility index (Phi) is 4.41. The van der Waals surface area contributed by atoms with E-state index in [0.29, 0.717) is 23.3 Å². The molecule has 0 bridgehead atoms. The monoisotopic (exact) mass is 229 g/mol. The van der Waals surface area contributed by atoms with Gasteiger partial charge in [-0.3, -0.25) is 4.79 Å². The zero-order valence-electron chi connectivity index (χ0n) is 8.78. The van der Waals surface area contributed by atoms with Crippen LogP contribution in [-0.2, 0) is 4.79 Å². The number of aromatic amines is 1. The van der Waals surface area contributed by atoms with Crippen LogP contribution in [0.4, 0.5) is 5.95 Å². The molecule has 6 nitrogen and oxygen atoms in total. The third kappa shape index (κ3) is 4.68. The molecule has 0 spiro atoms. The van der Waals surface area contributed by atoms with Gasteiger partial charge < -0.3 is 11.1 Å². The van der Waals surface area contributed by atoms with Crippen LogP contribution in [0.15, 0.2) is 5.16 Å². The first-order valence-electron chi connectivity index (χ1n) is 4.68. The largest absolute Gasteiger partial charge is 0.368 e. The second-order valence-corrected chi connectivity index (χ2v) is 4.39. The van der Waals surface area contributed by atoms with Crippen molar-refractivity contribution in [1.82, 2.24) is 20.5 Å². The summed E-state index contributed by atoms with van der Waals surface area (Å²) < 4.78 is 0. The van der Waals surface area contributed by atoms with E-state index in [2.05, 4.69) is 20.5 Å². The van der Waals surface area contributed by atoms with Crippen molar-refractivity contribution in [2.75, 3.05) is 11.5 Å². The van der Waals surface area contributed by atoms with Crippen LogP contribution in [0.1, 0.15) is 20.3 Å². The number of nitrogens with one attached hydrogen (secondary N) is 2. The van der Waals surface area contributed by atoms with Crippen LogP contribution in [0.5, 0.6) is 0 Å². The molecule has 7 heteroatoms. The van der Waals surface area contributed by atoms with Gasteiger partial charge in [0.25, 0.3) is 0 Å². The maximum absolute atomic E-state index is 11.3. The van der Waals surface area contributed by atoms with Crippen LogP contribution < -0.4 is 11.1 Å². The molecule has 0 aliphatic heterocycles. The zero-order valence-corrected chi connectivity index (χ0v) is 9.60. The van der Waals surface area contributed by atoms with E-state index in [-0.39, 0.29) is 11.9 Å². The van der Waals surface area contributed by atoms with Crippen molar-refractivity contribution in [3.8, 4) is 0 Å². The summed E-state index contributed by atoms with van der Waals surface area (Å²) in [6.45, 7) is 3.86. The number of rotatable bonds is 5. The third-order valence-corrected chi connectivity index (χ3v) is 2.34. The molecule has 0 saturated heterocycles. The van der Waals surface area contributed by atoms with Gasteiger partial charge in [0.1, 0.15) is 0 Å². The normalized spacial score (nSPS) is 10.6.